The van der Waals surface area contributed by atoms with E-state index >= 15 is 0 Å². The van der Waals surface area contributed by atoms with Crippen LogP contribution in [0.15, 0.2) is 48.5 Å². The molecule has 2 rings (SSSR count). The van der Waals surface area contributed by atoms with Crippen LogP contribution in [0.5, 0.6) is 5.75 Å². The van der Waals surface area contributed by atoms with Crippen LogP contribution in [0.3, 0.4) is 0 Å². The molecule has 138 valence electrons. The Balaban J connectivity index is 2.03. The molecule has 26 heavy (non-hydrogen) atoms. The number of benzene rings is 2. The Bertz CT molecular complexity index is 791. The van der Waals surface area contributed by atoms with Crippen LogP contribution in [0.4, 0.5) is 17.6 Å². The third-order valence-electron chi connectivity index (χ3n) is 3.88. The maximum atomic E-state index is 13.3. The largest absolute Gasteiger partial charge is 0.435 e. The highest BCUT2D eigenvalue weighted by Gasteiger charge is 2.17. The van der Waals surface area contributed by atoms with Crippen molar-refractivity contribution in [3.05, 3.63) is 71.3 Å². The fourth-order valence-corrected chi connectivity index (χ4v) is 2.23. The van der Waals surface area contributed by atoms with Crippen LogP contribution < -0.4 is 4.74 Å². The lowest BCUT2D eigenvalue weighted by Crippen LogP contribution is -2.28. The molecule has 0 aliphatic heterocycles. The highest BCUT2D eigenvalue weighted by Crippen LogP contribution is 2.21. The third-order valence-corrected chi connectivity index (χ3v) is 3.88. The molecule has 0 bridgehead atoms. The van der Waals surface area contributed by atoms with Crippen molar-refractivity contribution in [1.82, 2.24) is 4.90 Å². The summed E-state index contributed by atoms with van der Waals surface area (Å²) in [6, 6.07) is 8.80. The van der Waals surface area contributed by atoms with Gasteiger partial charge in [0.25, 0.3) is 0 Å². The first-order chi connectivity index (χ1) is 12.3. The molecule has 0 fully saturated rings. The van der Waals surface area contributed by atoms with Crippen LogP contribution in [0.2, 0.25) is 0 Å². The van der Waals surface area contributed by atoms with E-state index in [1.807, 2.05) is 0 Å². The zero-order valence-electron chi connectivity index (χ0n) is 14.1. The topological polar surface area (TPSA) is 29.5 Å². The van der Waals surface area contributed by atoms with Gasteiger partial charge in [-0.3, -0.25) is 4.79 Å². The molecule has 1 atom stereocenters. The van der Waals surface area contributed by atoms with Crippen LogP contribution in [-0.2, 0) is 4.79 Å². The number of halogens is 4. The molecular weight excluding hydrogens is 350 g/mol. The summed E-state index contributed by atoms with van der Waals surface area (Å²) in [6.07, 6.45) is 2.82. The number of amides is 1. The molecule has 0 N–H and O–H groups in total. The van der Waals surface area contributed by atoms with Crippen molar-refractivity contribution >= 4 is 12.0 Å². The van der Waals surface area contributed by atoms with E-state index in [0.717, 1.165) is 12.1 Å². The number of rotatable bonds is 6. The van der Waals surface area contributed by atoms with Crippen LogP contribution in [-0.4, -0.2) is 24.5 Å². The fraction of sp³-hybridized carbons (Fsp3) is 0.211. The van der Waals surface area contributed by atoms with Gasteiger partial charge in [0.15, 0.2) is 11.6 Å². The Labute approximate surface area is 148 Å². The Kier molecular flexibility index (Phi) is 6.38. The normalized spacial score (nSPS) is 12.4. The van der Waals surface area contributed by atoms with Crippen molar-refractivity contribution in [3.8, 4) is 5.75 Å². The van der Waals surface area contributed by atoms with Gasteiger partial charge in [-0.1, -0.05) is 18.2 Å². The highest BCUT2D eigenvalue weighted by atomic mass is 19.3. The Morgan fingerprint density at radius 2 is 1.73 bits per heavy atom. The minimum atomic E-state index is -2.90. The Morgan fingerprint density at radius 1 is 1.08 bits per heavy atom. The molecule has 0 heterocycles. The lowest BCUT2D eigenvalue weighted by Gasteiger charge is -2.24. The molecule has 0 spiro atoms. The lowest BCUT2D eigenvalue weighted by molar-refractivity contribution is -0.126. The van der Waals surface area contributed by atoms with Gasteiger partial charge in [0.1, 0.15) is 5.75 Å². The van der Waals surface area contributed by atoms with Gasteiger partial charge in [-0.15, -0.1) is 0 Å². The van der Waals surface area contributed by atoms with Gasteiger partial charge < -0.3 is 9.64 Å². The van der Waals surface area contributed by atoms with Crippen LogP contribution in [0, 0.1) is 11.6 Å². The van der Waals surface area contributed by atoms with E-state index in [0.29, 0.717) is 11.1 Å². The number of ether oxygens (including phenoxy) is 1. The van der Waals surface area contributed by atoms with Gasteiger partial charge in [0.2, 0.25) is 5.91 Å². The monoisotopic (exact) mass is 367 g/mol. The SMILES string of the molecule is CC(c1ccc(F)c(F)c1)N(C)C(=O)/C=C/c1ccc(OC(F)F)cc1. The molecule has 0 radical (unpaired) electrons. The molecule has 7 heteroatoms. The number of likely N-dealkylation sites (N-methyl/N-ethyl adjacent to an activating group) is 1. The van der Waals surface area contributed by atoms with Gasteiger partial charge in [0.05, 0.1) is 6.04 Å². The fourth-order valence-electron chi connectivity index (χ4n) is 2.23. The third kappa shape index (κ3) is 5.08. The van der Waals surface area contributed by atoms with Crippen LogP contribution in [0.25, 0.3) is 6.08 Å². The number of carbonyl (C=O) groups excluding carboxylic acids is 1. The molecule has 0 saturated carbocycles. The molecule has 2 aromatic carbocycles. The summed E-state index contributed by atoms with van der Waals surface area (Å²) in [6.45, 7) is -1.21. The molecular formula is C19H17F4NO2. The van der Waals surface area contributed by atoms with Crippen LogP contribution in [0.1, 0.15) is 24.1 Å². The molecule has 3 nitrogen and oxygen atoms in total. The predicted octanol–water partition coefficient (Wildman–Crippen LogP) is 4.80. The molecule has 0 saturated heterocycles. The van der Waals surface area contributed by atoms with Crippen LogP contribution >= 0.6 is 0 Å². The molecule has 0 aliphatic carbocycles. The van der Waals surface area contributed by atoms with Crippen molar-refractivity contribution in [3.63, 3.8) is 0 Å². The number of hydrogen-bond donors (Lipinski definition) is 0. The van der Waals surface area contributed by atoms with E-state index in [1.54, 1.807) is 6.92 Å². The number of hydrogen-bond acceptors (Lipinski definition) is 2. The molecule has 1 amide bonds. The van der Waals surface area contributed by atoms with E-state index in [9.17, 15) is 22.4 Å². The maximum Gasteiger partial charge on any atom is 0.387 e. The molecule has 0 aliphatic rings. The summed E-state index contributed by atoms with van der Waals surface area (Å²) < 4.78 is 54.8. The smallest absolute Gasteiger partial charge is 0.387 e. The van der Waals surface area contributed by atoms with Gasteiger partial charge in [0, 0.05) is 13.1 Å². The van der Waals surface area contributed by atoms with E-state index in [-0.39, 0.29) is 11.7 Å². The first kappa shape index (κ1) is 19.5. The zero-order valence-corrected chi connectivity index (χ0v) is 14.1. The molecule has 2 aromatic rings. The lowest BCUT2D eigenvalue weighted by atomic mass is 10.1. The number of alkyl halides is 2. The summed E-state index contributed by atoms with van der Waals surface area (Å²) in [5.41, 5.74) is 1.08. The number of nitrogens with zero attached hydrogens (tertiary/aromatic N) is 1. The highest BCUT2D eigenvalue weighted by molar-refractivity contribution is 5.91. The minimum absolute atomic E-state index is 0.0209. The second kappa shape index (κ2) is 8.51. The van der Waals surface area contributed by atoms with E-state index in [2.05, 4.69) is 4.74 Å². The van der Waals surface area contributed by atoms with Gasteiger partial charge in [-0.25, -0.2) is 8.78 Å². The van der Waals surface area contributed by atoms with Gasteiger partial charge in [-0.2, -0.15) is 8.78 Å². The van der Waals surface area contributed by atoms with E-state index in [4.69, 9.17) is 0 Å². The standard InChI is InChI=1S/C19H17F4NO2/c1-12(14-6-9-16(20)17(21)11-14)24(2)18(25)10-5-13-3-7-15(8-4-13)26-19(22)23/h3-12,19H,1-2H3/b10-5+. The Morgan fingerprint density at radius 3 is 2.31 bits per heavy atom. The summed E-state index contributed by atoms with van der Waals surface area (Å²) in [4.78, 5) is 13.6. The Hall–Kier alpha value is -2.83. The first-order valence-corrected chi connectivity index (χ1v) is 7.72. The summed E-state index contributed by atoms with van der Waals surface area (Å²) in [7, 11) is 1.54. The quantitative estimate of drug-likeness (QED) is 0.542. The van der Waals surface area contributed by atoms with E-state index < -0.39 is 24.3 Å². The van der Waals surface area contributed by atoms with Crippen molar-refractivity contribution in [2.75, 3.05) is 7.05 Å². The molecule has 0 aromatic heterocycles. The van der Waals surface area contributed by atoms with Crippen molar-refractivity contribution in [2.45, 2.75) is 19.6 Å². The predicted molar refractivity (Wildman–Crippen MR) is 89.7 cm³/mol. The first-order valence-electron chi connectivity index (χ1n) is 7.72. The summed E-state index contributed by atoms with van der Waals surface area (Å²) >= 11 is 0. The summed E-state index contributed by atoms with van der Waals surface area (Å²) in [5.74, 6) is -2.26. The second-order valence-corrected chi connectivity index (χ2v) is 5.58. The van der Waals surface area contributed by atoms with Crippen molar-refractivity contribution in [2.24, 2.45) is 0 Å². The minimum Gasteiger partial charge on any atom is -0.435 e. The number of carbonyl (C=O) groups is 1. The maximum absolute atomic E-state index is 13.3. The van der Waals surface area contributed by atoms with Gasteiger partial charge >= 0.3 is 6.61 Å². The summed E-state index contributed by atoms with van der Waals surface area (Å²) in [5, 5.41) is 0. The average Bonchev–Trinajstić information content (AvgIpc) is 2.61. The van der Waals surface area contributed by atoms with Crippen molar-refractivity contribution in [1.29, 1.82) is 0 Å². The van der Waals surface area contributed by atoms with E-state index in [1.165, 1.54) is 54.4 Å². The van der Waals surface area contributed by atoms with Gasteiger partial charge in [-0.05, 0) is 48.4 Å². The van der Waals surface area contributed by atoms with Crippen molar-refractivity contribution < 1.29 is 27.1 Å². The second-order valence-electron chi connectivity index (χ2n) is 5.58. The molecule has 1 unspecified atom stereocenters. The zero-order chi connectivity index (χ0) is 19.3. The average molecular weight is 367 g/mol.